The Kier molecular flexibility index (Phi) is 1.59. The lowest BCUT2D eigenvalue weighted by atomic mass is 10.0. The van der Waals surface area contributed by atoms with Crippen LogP contribution in [0.5, 0.6) is 0 Å². The average molecular weight is 194 g/mol. The topological polar surface area (TPSA) is 0 Å². The lowest BCUT2D eigenvalue weighted by molar-refractivity contribution is -0.935. The fraction of sp³-hybridized carbons (Fsp3) is 0.636. The fourth-order valence-corrected chi connectivity index (χ4v) is 3.97. The summed E-state index contributed by atoms with van der Waals surface area (Å²) in [4.78, 5) is 1.67. The normalized spacial score (nSPS) is 37.2. The molecule has 2 heteroatoms. The first kappa shape index (κ1) is 8.01. The Morgan fingerprint density at radius 1 is 1.54 bits per heavy atom. The van der Waals surface area contributed by atoms with Crippen molar-refractivity contribution in [3.8, 4) is 0 Å². The Balaban J connectivity index is 2.01. The molecule has 13 heavy (non-hydrogen) atoms. The molecular formula is C11H16NS+. The predicted octanol–water partition coefficient (Wildman–Crippen LogP) is 2.41. The molecule has 0 bridgehead atoms. The molecular weight excluding hydrogens is 178 g/mol. The van der Waals surface area contributed by atoms with Crippen LogP contribution in [-0.2, 0) is 13.0 Å². The molecule has 0 aromatic carbocycles. The third kappa shape index (κ3) is 1.09. The molecule has 0 spiro atoms. The molecule has 1 aromatic heterocycles. The van der Waals surface area contributed by atoms with E-state index < -0.39 is 0 Å². The van der Waals surface area contributed by atoms with Gasteiger partial charge in [0.2, 0.25) is 0 Å². The summed E-state index contributed by atoms with van der Waals surface area (Å²) < 4.78 is 1.32. The van der Waals surface area contributed by atoms with Gasteiger partial charge in [0.25, 0.3) is 0 Å². The molecule has 1 saturated heterocycles. The summed E-state index contributed by atoms with van der Waals surface area (Å²) in [6.45, 7) is 2.70. The molecule has 1 aromatic rings. The molecule has 0 amide bonds. The second-order valence-electron chi connectivity index (χ2n) is 4.73. The number of fused-ring (bicyclic) bond motifs is 2. The summed E-state index contributed by atoms with van der Waals surface area (Å²) in [5.41, 5.74) is 1.63. The van der Waals surface area contributed by atoms with Crippen molar-refractivity contribution in [1.29, 1.82) is 0 Å². The number of likely N-dealkylation sites (N-methyl/N-ethyl adjacent to an activating group) is 1. The summed E-state index contributed by atoms with van der Waals surface area (Å²) >= 11 is 1.96. The Bertz CT molecular complexity index is 331. The summed E-state index contributed by atoms with van der Waals surface area (Å²) in [6, 6.07) is 3.27. The smallest absolute Gasteiger partial charge is 0.105 e. The largest absolute Gasteiger partial charge is 0.320 e. The zero-order valence-corrected chi connectivity index (χ0v) is 8.94. The molecule has 1 fully saturated rings. The van der Waals surface area contributed by atoms with Gasteiger partial charge in [0.1, 0.15) is 6.54 Å². The van der Waals surface area contributed by atoms with Crippen LogP contribution >= 0.6 is 11.3 Å². The molecule has 3 heterocycles. The fourth-order valence-electron chi connectivity index (χ4n) is 3.00. The third-order valence-electron chi connectivity index (χ3n) is 3.88. The quantitative estimate of drug-likeness (QED) is 0.556. The molecule has 2 aliphatic rings. The van der Waals surface area contributed by atoms with Crippen molar-refractivity contribution in [1.82, 2.24) is 0 Å². The van der Waals surface area contributed by atoms with E-state index in [0.717, 1.165) is 6.04 Å². The number of quaternary nitrogens is 1. The molecule has 0 aliphatic carbocycles. The van der Waals surface area contributed by atoms with E-state index in [-0.39, 0.29) is 0 Å². The average Bonchev–Trinajstić information content (AvgIpc) is 2.63. The van der Waals surface area contributed by atoms with Gasteiger partial charge in [-0.2, -0.15) is 0 Å². The first-order valence-electron chi connectivity index (χ1n) is 5.17. The van der Waals surface area contributed by atoms with E-state index in [2.05, 4.69) is 18.5 Å². The van der Waals surface area contributed by atoms with Crippen LogP contribution in [0.3, 0.4) is 0 Å². The molecule has 1 nitrogen and oxygen atoms in total. The highest BCUT2D eigenvalue weighted by atomic mass is 32.1. The highest BCUT2D eigenvalue weighted by molar-refractivity contribution is 7.10. The zero-order chi connectivity index (χ0) is 8.89. The summed E-state index contributed by atoms with van der Waals surface area (Å²) in [5.74, 6) is 0. The van der Waals surface area contributed by atoms with Crippen LogP contribution in [0.25, 0.3) is 0 Å². The van der Waals surface area contributed by atoms with Crippen LogP contribution in [0.2, 0.25) is 0 Å². The Morgan fingerprint density at radius 3 is 3.38 bits per heavy atom. The van der Waals surface area contributed by atoms with Crippen molar-refractivity contribution in [3.63, 3.8) is 0 Å². The minimum absolute atomic E-state index is 0.936. The SMILES string of the molecule is C[N+]12CCC[C@H]1Cc1sccc1C2. The Hall–Kier alpha value is -0.340. The maximum absolute atomic E-state index is 2.44. The Labute approximate surface area is 83.6 Å². The second kappa shape index (κ2) is 2.58. The number of nitrogens with zero attached hydrogens (tertiary/aromatic N) is 1. The van der Waals surface area contributed by atoms with Crippen molar-refractivity contribution in [2.24, 2.45) is 0 Å². The molecule has 70 valence electrons. The first-order chi connectivity index (χ1) is 6.28. The zero-order valence-electron chi connectivity index (χ0n) is 8.12. The van der Waals surface area contributed by atoms with Gasteiger partial charge < -0.3 is 4.48 Å². The van der Waals surface area contributed by atoms with E-state index in [9.17, 15) is 0 Å². The first-order valence-corrected chi connectivity index (χ1v) is 6.05. The van der Waals surface area contributed by atoms with Gasteiger partial charge in [-0.15, -0.1) is 11.3 Å². The summed E-state index contributed by atoms with van der Waals surface area (Å²) in [5, 5.41) is 2.26. The maximum Gasteiger partial charge on any atom is 0.105 e. The molecule has 0 N–H and O–H groups in total. The van der Waals surface area contributed by atoms with Gasteiger partial charge in [-0.3, -0.25) is 0 Å². The number of hydrogen-bond acceptors (Lipinski definition) is 1. The van der Waals surface area contributed by atoms with E-state index in [0.29, 0.717) is 0 Å². The van der Waals surface area contributed by atoms with Crippen molar-refractivity contribution in [2.45, 2.75) is 31.8 Å². The van der Waals surface area contributed by atoms with Crippen LogP contribution in [0.15, 0.2) is 11.4 Å². The standard InChI is InChI=1S/C11H16NS/c1-12-5-2-3-10(12)7-11-9(8-12)4-6-13-11/h4,6,10H,2-3,5,7-8H2,1H3/q+1/t10-,12?/m0/s1. The van der Waals surface area contributed by atoms with Crippen molar-refractivity contribution in [2.75, 3.05) is 13.6 Å². The van der Waals surface area contributed by atoms with Gasteiger partial charge >= 0.3 is 0 Å². The predicted molar refractivity (Wildman–Crippen MR) is 55.8 cm³/mol. The van der Waals surface area contributed by atoms with E-state index >= 15 is 0 Å². The maximum atomic E-state index is 2.44. The minimum Gasteiger partial charge on any atom is -0.320 e. The van der Waals surface area contributed by atoms with E-state index in [1.54, 1.807) is 10.4 Å². The second-order valence-corrected chi connectivity index (χ2v) is 5.73. The van der Waals surface area contributed by atoms with Crippen LogP contribution in [-0.4, -0.2) is 24.1 Å². The van der Waals surface area contributed by atoms with Gasteiger partial charge in [0.15, 0.2) is 0 Å². The number of thiophene rings is 1. The van der Waals surface area contributed by atoms with Crippen LogP contribution in [0.4, 0.5) is 0 Å². The van der Waals surface area contributed by atoms with Crippen LogP contribution in [0.1, 0.15) is 23.3 Å². The van der Waals surface area contributed by atoms with E-state index in [1.807, 2.05) is 11.3 Å². The van der Waals surface area contributed by atoms with Crippen molar-refractivity contribution >= 4 is 11.3 Å². The lowest BCUT2D eigenvalue weighted by Crippen LogP contribution is -2.50. The molecule has 0 radical (unpaired) electrons. The Morgan fingerprint density at radius 2 is 2.46 bits per heavy atom. The van der Waals surface area contributed by atoms with Gasteiger partial charge in [0.05, 0.1) is 19.6 Å². The number of rotatable bonds is 0. The summed E-state index contributed by atoms with van der Waals surface area (Å²) in [7, 11) is 2.44. The third-order valence-corrected chi connectivity index (χ3v) is 4.86. The van der Waals surface area contributed by atoms with Crippen LogP contribution < -0.4 is 0 Å². The van der Waals surface area contributed by atoms with Crippen molar-refractivity contribution in [3.05, 3.63) is 21.9 Å². The van der Waals surface area contributed by atoms with Gasteiger partial charge in [-0.25, -0.2) is 0 Å². The minimum atomic E-state index is 0.936. The molecule has 1 unspecified atom stereocenters. The van der Waals surface area contributed by atoms with Gasteiger partial charge in [-0.1, -0.05) is 0 Å². The highest BCUT2D eigenvalue weighted by Gasteiger charge is 2.42. The van der Waals surface area contributed by atoms with E-state index in [1.165, 1.54) is 36.8 Å². The van der Waals surface area contributed by atoms with Crippen LogP contribution in [0, 0.1) is 0 Å². The molecule has 0 saturated carbocycles. The van der Waals surface area contributed by atoms with Gasteiger partial charge in [-0.05, 0) is 11.4 Å². The number of hydrogen-bond donors (Lipinski definition) is 0. The highest BCUT2D eigenvalue weighted by Crippen LogP contribution is 2.37. The van der Waals surface area contributed by atoms with Gasteiger partial charge in [0, 0.05) is 29.7 Å². The molecule has 2 atom stereocenters. The molecule has 2 aliphatic heterocycles. The van der Waals surface area contributed by atoms with Crippen molar-refractivity contribution < 1.29 is 4.48 Å². The lowest BCUT2D eigenvalue weighted by Gasteiger charge is -2.39. The summed E-state index contributed by atoms with van der Waals surface area (Å²) in [6.07, 6.45) is 4.24. The monoisotopic (exact) mass is 194 g/mol. The van der Waals surface area contributed by atoms with E-state index in [4.69, 9.17) is 0 Å². The molecule has 3 rings (SSSR count).